The van der Waals surface area contributed by atoms with E-state index in [0.717, 1.165) is 12.8 Å². The molecule has 0 aromatic heterocycles. The summed E-state index contributed by atoms with van der Waals surface area (Å²) < 4.78 is 0. The summed E-state index contributed by atoms with van der Waals surface area (Å²) in [6.45, 7) is 4.34. The summed E-state index contributed by atoms with van der Waals surface area (Å²) in [4.78, 5) is 10.7. The molecular weight excluding hydrogens is 176 g/mol. The van der Waals surface area contributed by atoms with E-state index in [9.17, 15) is 9.90 Å². The number of carbonyl (C=O) groups is 1. The topological polar surface area (TPSA) is 37.3 Å². The fraction of sp³-hybridized carbons (Fsp3) is 0.417. The number of benzene rings is 1. The molecule has 1 aromatic rings. The van der Waals surface area contributed by atoms with E-state index in [1.54, 1.807) is 6.07 Å². The first-order valence-electron chi connectivity index (χ1n) is 4.86. The predicted molar refractivity (Wildman–Crippen MR) is 54.8 cm³/mol. The SMILES string of the molecule is CC1(C)CCc2cc(O)c(C=O)cc21. The zero-order valence-corrected chi connectivity index (χ0v) is 8.50. The number of hydrogen-bond acceptors (Lipinski definition) is 2. The lowest BCUT2D eigenvalue weighted by Crippen LogP contribution is -2.12. The number of aromatic hydroxyl groups is 1. The average molecular weight is 190 g/mol. The van der Waals surface area contributed by atoms with Crippen molar-refractivity contribution in [1.82, 2.24) is 0 Å². The van der Waals surface area contributed by atoms with Gasteiger partial charge in [-0.3, -0.25) is 4.79 Å². The summed E-state index contributed by atoms with van der Waals surface area (Å²) in [7, 11) is 0. The Morgan fingerprint density at radius 2 is 2.14 bits per heavy atom. The van der Waals surface area contributed by atoms with Crippen molar-refractivity contribution in [1.29, 1.82) is 0 Å². The Bertz CT molecular complexity index is 392. The summed E-state index contributed by atoms with van der Waals surface area (Å²) >= 11 is 0. The molecule has 0 amide bonds. The molecule has 0 bridgehead atoms. The highest BCUT2D eigenvalue weighted by atomic mass is 16.3. The smallest absolute Gasteiger partial charge is 0.153 e. The van der Waals surface area contributed by atoms with Crippen LogP contribution in [0.5, 0.6) is 5.75 Å². The molecule has 2 heteroatoms. The largest absolute Gasteiger partial charge is 0.507 e. The van der Waals surface area contributed by atoms with Crippen molar-refractivity contribution in [3.63, 3.8) is 0 Å². The molecule has 2 nitrogen and oxygen atoms in total. The molecule has 0 aliphatic heterocycles. The van der Waals surface area contributed by atoms with Crippen LogP contribution in [-0.2, 0) is 11.8 Å². The Labute approximate surface area is 83.6 Å². The van der Waals surface area contributed by atoms with Crippen LogP contribution in [0.15, 0.2) is 12.1 Å². The molecule has 0 radical (unpaired) electrons. The number of carbonyl (C=O) groups excluding carboxylic acids is 1. The van der Waals surface area contributed by atoms with Gasteiger partial charge < -0.3 is 5.11 Å². The van der Waals surface area contributed by atoms with Crippen molar-refractivity contribution in [2.45, 2.75) is 32.1 Å². The number of fused-ring (bicyclic) bond motifs is 1. The van der Waals surface area contributed by atoms with Gasteiger partial charge in [-0.05, 0) is 41.5 Å². The maximum atomic E-state index is 10.7. The van der Waals surface area contributed by atoms with Gasteiger partial charge in [0.05, 0.1) is 5.56 Å². The molecule has 0 heterocycles. The van der Waals surface area contributed by atoms with Crippen LogP contribution in [0.4, 0.5) is 0 Å². The van der Waals surface area contributed by atoms with Crippen LogP contribution >= 0.6 is 0 Å². The van der Waals surface area contributed by atoms with Gasteiger partial charge in [-0.25, -0.2) is 0 Å². The standard InChI is InChI=1S/C12H14O2/c1-12(2)4-3-8-6-11(14)9(7-13)5-10(8)12/h5-7,14H,3-4H2,1-2H3. The molecular formula is C12H14O2. The van der Waals surface area contributed by atoms with E-state index in [1.807, 2.05) is 6.07 Å². The summed E-state index contributed by atoms with van der Waals surface area (Å²) in [6.07, 6.45) is 2.79. The first kappa shape index (κ1) is 9.25. The molecule has 1 aliphatic rings. The van der Waals surface area contributed by atoms with E-state index in [0.29, 0.717) is 11.8 Å². The average Bonchev–Trinajstić information content (AvgIpc) is 2.41. The van der Waals surface area contributed by atoms with Gasteiger partial charge in [0.15, 0.2) is 6.29 Å². The Balaban J connectivity index is 2.62. The molecule has 1 aromatic carbocycles. The highest BCUT2D eigenvalue weighted by Crippen LogP contribution is 2.40. The van der Waals surface area contributed by atoms with Crippen LogP contribution in [0.2, 0.25) is 0 Å². The highest BCUT2D eigenvalue weighted by Gasteiger charge is 2.30. The van der Waals surface area contributed by atoms with Crippen LogP contribution in [0.25, 0.3) is 0 Å². The van der Waals surface area contributed by atoms with Gasteiger partial charge in [0, 0.05) is 0 Å². The van der Waals surface area contributed by atoms with Crippen LogP contribution in [-0.4, -0.2) is 11.4 Å². The summed E-state index contributed by atoms with van der Waals surface area (Å²) in [5.41, 5.74) is 2.93. The molecule has 0 unspecified atom stereocenters. The summed E-state index contributed by atoms with van der Waals surface area (Å²) in [5, 5.41) is 9.51. The number of phenolic OH excluding ortho intramolecular Hbond substituents is 1. The van der Waals surface area contributed by atoms with Crippen LogP contribution in [0, 0.1) is 0 Å². The lowest BCUT2D eigenvalue weighted by Gasteiger charge is -2.19. The summed E-state index contributed by atoms with van der Waals surface area (Å²) in [5.74, 6) is 0.108. The van der Waals surface area contributed by atoms with Crippen LogP contribution < -0.4 is 0 Å². The molecule has 0 atom stereocenters. The predicted octanol–water partition coefficient (Wildman–Crippen LogP) is 2.43. The second-order valence-corrected chi connectivity index (χ2v) is 4.57. The third-order valence-electron chi connectivity index (χ3n) is 3.13. The molecule has 74 valence electrons. The molecule has 1 aliphatic carbocycles. The monoisotopic (exact) mass is 190 g/mol. The van der Waals surface area contributed by atoms with Crippen molar-refractivity contribution >= 4 is 6.29 Å². The van der Waals surface area contributed by atoms with E-state index in [-0.39, 0.29) is 11.2 Å². The minimum absolute atomic E-state index is 0.108. The van der Waals surface area contributed by atoms with Gasteiger partial charge in [-0.15, -0.1) is 0 Å². The first-order valence-corrected chi connectivity index (χ1v) is 4.86. The Morgan fingerprint density at radius 1 is 1.43 bits per heavy atom. The van der Waals surface area contributed by atoms with Gasteiger partial charge in [-0.2, -0.15) is 0 Å². The zero-order chi connectivity index (χ0) is 10.3. The Kier molecular flexibility index (Phi) is 1.88. The van der Waals surface area contributed by atoms with Crippen molar-refractivity contribution < 1.29 is 9.90 Å². The number of hydrogen-bond donors (Lipinski definition) is 1. The molecule has 2 rings (SSSR count). The van der Waals surface area contributed by atoms with Crippen molar-refractivity contribution in [3.8, 4) is 5.75 Å². The van der Waals surface area contributed by atoms with Crippen molar-refractivity contribution in [3.05, 3.63) is 28.8 Å². The zero-order valence-electron chi connectivity index (χ0n) is 8.50. The third kappa shape index (κ3) is 1.22. The number of rotatable bonds is 1. The second kappa shape index (κ2) is 2.84. The van der Waals surface area contributed by atoms with Crippen LogP contribution in [0.1, 0.15) is 41.8 Å². The fourth-order valence-electron chi connectivity index (χ4n) is 2.16. The van der Waals surface area contributed by atoms with E-state index in [2.05, 4.69) is 13.8 Å². The first-order chi connectivity index (χ1) is 6.54. The third-order valence-corrected chi connectivity index (χ3v) is 3.13. The van der Waals surface area contributed by atoms with Crippen LogP contribution in [0.3, 0.4) is 0 Å². The number of phenols is 1. The lowest BCUT2D eigenvalue weighted by atomic mass is 9.86. The Hall–Kier alpha value is -1.31. The van der Waals surface area contributed by atoms with E-state index in [4.69, 9.17) is 0 Å². The minimum atomic E-state index is 0.108. The molecule has 0 fully saturated rings. The van der Waals surface area contributed by atoms with E-state index in [1.165, 1.54) is 11.1 Å². The minimum Gasteiger partial charge on any atom is -0.507 e. The lowest BCUT2D eigenvalue weighted by molar-refractivity contribution is 0.112. The molecule has 0 saturated heterocycles. The van der Waals surface area contributed by atoms with Crippen molar-refractivity contribution in [2.24, 2.45) is 0 Å². The normalized spacial score (nSPS) is 17.9. The van der Waals surface area contributed by atoms with Gasteiger partial charge in [0.2, 0.25) is 0 Å². The number of aryl methyl sites for hydroxylation is 1. The molecule has 1 N–H and O–H groups in total. The summed E-state index contributed by atoms with van der Waals surface area (Å²) in [6, 6.07) is 3.55. The van der Waals surface area contributed by atoms with Gasteiger partial charge >= 0.3 is 0 Å². The van der Waals surface area contributed by atoms with E-state index < -0.39 is 0 Å². The quantitative estimate of drug-likeness (QED) is 0.690. The second-order valence-electron chi connectivity index (χ2n) is 4.57. The Morgan fingerprint density at radius 3 is 2.79 bits per heavy atom. The fourth-order valence-corrected chi connectivity index (χ4v) is 2.16. The number of aldehydes is 1. The van der Waals surface area contributed by atoms with E-state index >= 15 is 0 Å². The van der Waals surface area contributed by atoms with Gasteiger partial charge in [0.25, 0.3) is 0 Å². The van der Waals surface area contributed by atoms with Crippen molar-refractivity contribution in [2.75, 3.05) is 0 Å². The van der Waals surface area contributed by atoms with Gasteiger partial charge in [0.1, 0.15) is 5.75 Å². The maximum Gasteiger partial charge on any atom is 0.153 e. The van der Waals surface area contributed by atoms with Gasteiger partial charge in [-0.1, -0.05) is 13.8 Å². The molecule has 14 heavy (non-hydrogen) atoms. The highest BCUT2D eigenvalue weighted by molar-refractivity contribution is 5.80. The molecule has 0 spiro atoms. The molecule has 0 saturated carbocycles. The maximum absolute atomic E-state index is 10.7.